The molecule has 2 aliphatic rings. The Morgan fingerprint density at radius 1 is 1.03 bits per heavy atom. The number of benzene rings is 2. The van der Waals surface area contributed by atoms with Crippen LogP contribution in [0.5, 0.6) is 0 Å². The van der Waals surface area contributed by atoms with Crippen LogP contribution in [0.25, 0.3) is 0 Å². The van der Waals surface area contributed by atoms with E-state index in [0.717, 1.165) is 12.0 Å². The molecule has 0 radical (unpaired) electrons. The molecule has 4 atom stereocenters. The van der Waals surface area contributed by atoms with Crippen LogP contribution in [0, 0.1) is 24.6 Å². The van der Waals surface area contributed by atoms with E-state index in [4.69, 9.17) is 0 Å². The monoisotopic (exact) mass is 531 g/mol. The number of hydrogen-bond acceptors (Lipinski definition) is 2. The van der Waals surface area contributed by atoms with Crippen LogP contribution in [0.2, 0.25) is 0 Å². The number of halogens is 7. The van der Waals surface area contributed by atoms with Gasteiger partial charge in [0.2, 0.25) is 0 Å². The van der Waals surface area contributed by atoms with Gasteiger partial charge in [-0.05, 0) is 85.7 Å². The van der Waals surface area contributed by atoms with Crippen LogP contribution in [0.4, 0.5) is 35.5 Å². The van der Waals surface area contributed by atoms with E-state index in [1.807, 2.05) is 0 Å². The SMILES string of the molecule is Cc1cc(F)ccc1C1C2CNCC(C2)CN1C(=O)N(C)C(C)c1cc(C(F)(F)F)cc(C(F)(F)F)c1. The summed E-state index contributed by atoms with van der Waals surface area (Å²) in [5, 5.41) is 3.36. The molecule has 2 aromatic rings. The molecule has 2 amide bonds. The Morgan fingerprint density at radius 2 is 1.65 bits per heavy atom. The molecular weight excluding hydrogens is 503 g/mol. The summed E-state index contributed by atoms with van der Waals surface area (Å²) < 4.78 is 94.2. The van der Waals surface area contributed by atoms with Crippen molar-refractivity contribution in [2.45, 2.75) is 44.7 Å². The lowest BCUT2D eigenvalue weighted by molar-refractivity contribution is -0.143. The van der Waals surface area contributed by atoms with E-state index in [9.17, 15) is 35.5 Å². The van der Waals surface area contributed by atoms with Crippen molar-refractivity contribution in [2.75, 3.05) is 26.7 Å². The molecule has 2 saturated heterocycles. The van der Waals surface area contributed by atoms with E-state index in [0.29, 0.717) is 37.3 Å². The minimum atomic E-state index is -4.99. The van der Waals surface area contributed by atoms with Crippen molar-refractivity contribution < 1.29 is 35.5 Å². The number of urea groups is 1. The lowest BCUT2D eigenvalue weighted by Gasteiger charge is -2.49. The van der Waals surface area contributed by atoms with Gasteiger partial charge < -0.3 is 15.1 Å². The molecule has 4 unspecified atom stereocenters. The van der Waals surface area contributed by atoms with Crippen molar-refractivity contribution in [1.82, 2.24) is 15.1 Å². The number of likely N-dealkylation sites (tertiary alicyclic amines) is 1. The average molecular weight is 532 g/mol. The Morgan fingerprint density at radius 3 is 2.22 bits per heavy atom. The molecule has 4 rings (SSSR count). The molecule has 2 aliphatic heterocycles. The average Bonchev–Trinajstić information content (AvgIpc) is 2.82. The minimum absolute atomic E-state index is 0.0229. The molecule has 0 aliphatic carbocycles. The van der Waals surface area contributed by atoms with E-state index >= 15 is 0 Å². The van der Waals surface area contributed by atoms with Crippen LogP contribution in [-0.2, 0) is 12.4 Å². The van der Waals surface area contributed by atoms with Crippen LogP contribution in [0.1, 0.15) is 53.2 Å². The fraction of sp³-hybridized carbons (Fsp3) is 0.500. The number of aryl methyl sites for hydroxylation is 1. The first kappa shape index (κ1) is 27.2. The Bertz CT molecular complexity index is 1130. The van der Waals surface area contributed by atoms with Crippen molar-refractivity contribution in [2.24, 2.45) is 11.8 Å². The first-order valence-electron chi connectivity index (χ1n) is 12.0. The number of nitrogens with one attached hydrogen (secondary N) is 1. The van der Waals surface area contributed by atoms with Gasteiger partial charge in [0.15, 0.2) is 0 Å². The molecule has 1 N–H and O–H groups in total. The lowest BCUT2D eigenvalue weighted by atomic mass is 9.76. The minimum Gasteiger partial charge on any atom is -0.321 e. The van der Waals surface area contributed by atoms with Gasteiger partial charge in [0.1, 0.15) is 5.82 Å². The van der Waals surface area contributed by atoms with E-state index in [-0.39, 0.29) is 23.5 Å². The number of rotatable bonds is 3. The van der Waals surface area contributed by atoms with Crippen molar-refractivity contribution in [3.63, 3.8) is 0 Å². The van der Waals surface area contributed by atoms with Crippen LogP contribution < -0.4 is 5.32 Å². The summed E-state index contributed by atoms with van der Waals surface area (Å²) in [4.78, 5) is 16.6. The summed E-state index contributed by atoms with van der Waals surface area (Å²) in [6, 6.07) is 3.71. The number of piperidine rings is 2. The highest BCUT2D eigenvalue weighted by atomic mass is 19.4. The molecule has 202 valence electrons. The quantitative estimate of drug-likeness (QED) is 0.455. The van der Waals surface area contributed by atoms with Gasteiger partial charge in [-0.3, -0.25) is 0 Å². The van der Waals surface area contributed by atoms with E-state index in [1.165, 1.54) is 31.0 Å². The standard InChI is InChI=1S/C26H28F7N3O/c1-14-6-21(27)4-5-22(14)23-18-7-16(11-34-12-18)13-36(23)24(37)35(3)15(2)17-8-19(25(28,29)30)10-20(9-17)26(31,32)33/h4-6,8-10,15-16,18,23,34H,7,11-13H2,1-3H3. The number of carbonyl (C=O) groups is 1. The molecule has 2 fully saturated rings. The lowest BCUT2D eigenvalue weighted by Crippen LogP contribution is -2.56. The molecule has 2 heterocycles. The van der Waals surface area contributed by atoms with Gasteiger partial charge in [0.05, 0.1) is 23.2 Å². The zero-order valence-electron chi connectivity index (χ0n) is 20.6. The molecule has 4 nitrogen and oxygen atoms in total. The second-order valence-electron chi connectivity index (χ2n) is 10.0. The highest BCUT2D eigenvalue weighted by Gasteiger charge is 2.44. The summed E-state index contributed by atoms with van der Waals surface area (Å²) >= 11 is 0. The molecule has 0 saturated carbocycles. The topological polar surface area (TPSA) is 35.6 Å². The Hall–Kier alpha value is -2.82. The molecule has 37 heavy (non-hydrogen) atoms. The normalized spacial score (nSPS) is 23.1. The number of fused-ring (bicyclic) bond motifs is 2. The summed E-state index contributed by atoms with van der Waals surface area (Å²) in [6.07, 6.45) is -9.12. The summed E-state index contributed by atoms with van der Waals surface area (Å²) in [5.41, 5.74) is -1.70. The predicted octanol–water partition coefficient (Wildman–Crippen LogP) is 6.57. The molecule has 11 heteroatoms. The Kier molecular flexibility index (Phi) is 7.22. The molecule has 2 bridgehead atoms. The summed E-state index contributed by atoms with van der Waals surface area (Å²) in [7, 11) is 1.37. The highest BCUT2D eigenvalue weighted by Crippen LogP contribution is 2.43. The van der Waals surface area contributed by atoms with Crippen molar-refractivity contribution in [3.05, 3.63) is 70.0 Å². The van der Waals surface area contributed by atoms with Gasteiger partial charge in [-0.1, -0.05) is 6.07 Å². The van der Waals surface area contributed by atoms with E-state index in [2.05, 4.69) is 5.32 Å². The van der Waals surface area contributed by atoms with Crippen LogP contribution in [-0.4, -0.2) is 42.5 Å². The third kappa shape index (κ3) is 5.56. The number of hydrogen-bond donors (Lipinski definition) is 1. The van der Waals surface area contributed by atoms with Crippen molar-refractivity contribution >= 4 is 6.03 Å². The number of amides is 2. The summed E-state index contributed by atoms with van der Waals surface area (Å²) in [5.74, 6) is -0.242. The van der Waals surface area contributed by atoms with Gasteiger partial charge in [-0.15, -0.1) is 0 Å². The van der Waals surface area contributed by atoms with Crippen molar-refractivity contribution in [3.8, 4) is 0 Å². The molecule has 2 aromatic carbocycles. The van der Waals surface area contributed by atoms with Gasteiger partial charge in [-0.25, -0.2) is 9.18 Å². The highest BCUT2D eigenvalue weighted by molar-refractivity contribution is 5.76. The maximum atomic E-state index is 13.8. The van der Waals surface area contributed by atoms with Gasteiger partial charge in [0, 0.05) is 20.1 Å². The second kappa shape index (κ2) is 9.81. The third-order valence-electron chi connectivity index (χ3n) is 7.48. The zero-order chi connectivity index (χ0) is 27.3. The van der Waals surface area contributed by atoms with E-state index in [1.54, 1.807) is 17.9 Å². The fourth-order valence-electron chi connectivity index (χ4n) is 5.50. The maximum Gasteiger partial charge on any atom is 0.416 e. The maximum absolute atomic E-state index is 13.8. The smallest absolute Gasteiger partial charge is 0.321 e. The van der Waals surface area contributed by atoms with Crippen LogP contribution >= 0.6 is 0 Å². The van der Waals surface area contributed by atoms with Gasteiger partial charge >= 0.3 is 18.4 Å². The molecule has 0 spiro atoms. The Balaban J connectivity index is 1.69. The fourth-order valence-corrected chi connectivity index (χ4v) is 5.50. The number of alkyl halides is 6. The number of nitrogens with zero attached hydrogens (tertiary/aromatic N) is 2. The van der Waals surface area contributed by atoms with E-state index < -0.39 is 47.4 Å². The van der Waals surface area contributed by atoms with Crippen LogP contribution in [0.3, 0.4) is 0 Å². The largest absolute Gasteiger partial charge is 0.416 e. The first-order chi connectivity index (χ1) is 17.2. The third-order valence-corrected chi connectivity index (χ3v) is 7.48. The zero-order valence-corrected chi connectivity index (χ0v) is 20.6. The summed E-state index contributed by atoms with van der Waals surface area (Å²) in [6.45, 7) is 4.83. The predicted molar refractivity (Wildman–Crippen MR) is 123 cm³/mol. The van der Waals surface area contributed by atoms with Crippen molar-refractivity contribution in [1.29, 1.82) is 0 Å². The van der Waals surface area contributed by atoms with Gasteiger partial charge in [0.25, 0.3) is 0 Å². The van der Waals surface area contributed by atoms with Crippen LogP contribution in [0.15, 0.2) is 36.4 Å². The Labute approximate surface area is 210 Å². The number of carbonyl (C=O) groups excluding carboxylic acids is 1. The first-order valence-corrected chi connectivity index (χ1v) is 12.0. The van der Waals surface area contributed by atoms with Gasteiger partial charge in [-0.2, -0.15) is 26.3 Å². The second-order valence-corrected chi connectivity index (χ2v) is 10.0. The molecule has 0 aromatic heterocycles. The molecular formula is C26H28F7N3O.